The van der Waals surface area contributed by atoms with Gasteiger partial charge in [-0.2, -0.15) is 4.98 Å². The highest BCUT2D eigenvalue weighted by Crippen LogP contribution is 2.23. The van der Waals surface area contributed by atoms with E-state index in [9.17, 15) is 0 Å². The van der Waals surface area contributed by atoms with Crippen LogP contribution in [0.5, 0.6) is 5.88 Å². The third-order valence-electron chi connectivity index (χ3n) is 5.26. The summed E-state index contributed by atoms with van der Waals surface area (Å²) in [6.45, 7) is 11.1. The Labute approximate surface area is 184 Å². The van der Waals surface area contributed by atoms with E-state index in [0.29, 0.717) is 18.3 Å². The van der Waals surface area contributed by atoms with Crippen LogP contribution in [0.3, 0.4) is 0 Å². The molecule has 8 nitrogen and oxygen atoms in total. The fourth-order valence-electron chi connectivity index (χ4n) is 3.56. The van der Waals surface area contributed by atoms with E-state index in [2.05, 4.69) is 20.1 Å². The summed E-state index contributed by atoms with van der Waals surface area (Å²) in [5.74, 6) is 1.11. The van der Waals surface area contributed by atoms with Gasteiger partial charge in [-0.05, 0) is 12.5 Å². The van der Waals surface area contributed by atoms with Gasteiger partial charge in [-0.1, -0.05) is 29.8 Å². The van der Waals surface area contributed by atoms with Gasteiger partial charge in [0.05, 0.1) is 13.2 Å². The summed E-state index contributed by atoms with van der Waals surface area (Å²) in [6.07, 6.45) is 1.35. The molecule has 0 bridgehead atoms. The number of hydrogen-bond acceptors (Lipinski definition) is 8. The number of nitrogen functional groups attached to an aromatic ring is 1. The molecule has 8 heteroatoms. The number of nitrogens with one attached hydrogen (secondary N) is 2. The molecule has 4 N–H and O–H groups in total. The van der Waals surface area contributed by atoms with E-state index in [4.69, 9.17) is 20.6 Å². The van der Waals surface area contributed by atoms with Crippen LogP contribution in [0.4, 0.5) is 11.5 Å². The normalized spacial score (nSPS) is 16.9. The van der Waals surface area contributed by atoms with Gasteiger partial charge in [0.25, 0.3) is 0 Å². The highest BCUT2D eigenvalue weighted by atomic mass is 16.5. The van der Waals surface area contributed by atoms with Gasteiger partial charge in [0, 0.05) is 69.8 Å². The zero-order valence-electron chi connectivity index (χ0n) is 18.3. The molecule has 2 saturated heterocycles. The van der Waals surface area contributed by atoms with Crippen LogP contribution in [0, 0.1) is 12.3 Å². The molecule has 2 fully saturated rings. The van der Waals surface area contributed by atoms with Gasteiger partial charge in [0.15, 0.2) is 0 Å². The molecule has 0 atom stereocenters. The standard InChI is InChI=1S/C15H25N5O2.C8H9N/c16-14-11-13(20-6-8-21-9-7-20)12-15(18-14)22-10-5-19-3-1-17-2-4-19;1-7-3-2-4-8(5-7)6-9/h11-12,17H,1-10H2,(H2,16,18);2-6,9H,1H3. The van der Waals surface area contributed by atoms with Crippen molar-refractivity contribution < 1.29 is 9.47 Å². The molecule has 2 aliphatic heterocycles. The average molecular weight is 427 g/mol. The van der Waals surface area contributed by atoms with E-state index in [-0.39, 0.29) is 0 Å². The monoisotopic (exact) mass is 426 g/mol. The summed E-state index contributed by atoms with van der Waals surface area (Å²) in [5, 5.41) is 10.3. The lowest BCUT2D eigenvalue weighted by atomic mass is 10.2. The number of aromatic nitrogens is 1. The molecule has 3 heterocycles. The van der Waals surface area contributed by atoms with Crippen LogP contribution in [-0.4, -0.2) is 81.7 Å². The number of anilines is 2. The zero-order chi connectivity index (χ0) is 21.9. The Balaban J connectivity index is 0.000000254. The maximum atomic E-state index is 6.92. The minimum absolute atomic E-state index is 0.501. The van der Waals surface area contributed by atoms with Crippen molar-refractivity contribution >= 4 is 17.7 Å². The minimum atomic E-state index is 0.501. The number of pyridine rings is 1. The molecule has 0 spiro atoms. The van der Waals surface area contributed by atoms with Crippen molar-refractivity contribution in [3.63, 3.8) is 0 Å². The number of nitrogens with zero attached hydrogens (tertiary/aromatic N) is 3. The Morgan fingerprint density at radius 1 is 1.16 bits per heavy atom. The lowest BCUT2D eigenvalue weighted by molar-refractivity contribution is 0.122. The van der Waals surface area contributed by atoms with Crippen molar-refractivity contribution in [2.45, 2.75) is 6.92 Å². The van der Waals surface area contributed by atoms with Gasteiger partial charge >= 0.3 is 0 Å². The number of benzene rings is 1. The molecule has 2 aromatic rings. The van der Waals surface area contributed by atoms with E-state index in [0.717, 1.165) is 70.3 Å². The predicted molar refractivity (Wildman–Crippen MR) is 126 cm³/mol. The van der Waals surface area contributed by atoms with Gasteiger partial charge in [-0.15, -0.1) is 0 Å². The summed E-state index contributed by atoms with van der Waals surface area (Å²) in [4.78, 5) is 8.93. The Morgan fingerprint density at radius 3 is 2.61 bits per heavy atom. The SMILES string of the molecule is Cc1cccc(C=N)c1.Nc1cc(N2CCOCC2)cc(OCCN2CCNCC2)n1. The van der Waals surface area contributed by atoms with Crippen molar-refractivity contribution in [3.05, 3.63) is 47.5 Å². The molecule has 168 valence electrons. The molecular weight excluding hydrogens is 392 g/mol. The second-order valence-electron chi connectivity index (χ2n) is 7.69. The maximum Gasteiger partial charge on any atom is 0.217 e. The van der Waals surface area contributed by atoms with Crippen molar-refractivity contribution in [3.8, 4) is 5.88 Å². The summed E-state index contributed by atoms with van der Waals surface area (Å²) >= 11 is 0. The summed E-state index contributed by atoms with van der Waals surface area (Å²) in [6, 6.07) is 11.7. The van der Waals surface area contributed by atoms with Crippen LogP contribution in [0.15, 0.2) is 36.4 Å². The van der Waals surface area contributed by atoms with Crippen LogP contribution in [-0.2, 0) is 4.74 Å². The molecule has 31 heavy (non-hydrogen) atoms. The molecule has 0 radical (unpaired) electrons. The van der Waals surface area contributed by atoms with Gasteiger partial charge < -0.3 is 30.8 Å². The number of hydrogen-bond donors (Lipinski definition) is 3. The van der Waals surface area contributed by atoms with Crippen molar-refractivity contribution in [2.24, 2.45) is 0 Å². The number of morpholine rings is 1. The molecule has 0 aliphatic carbocycles. The highest BCUT2D eigenvalue weighted by Gasteiger charge is 2.14. The van der Waals surface area contributed by atoms with Crippen molar-refractivity contribution in [2.75, 3.05) is 76.3 Å². The molecule has 0 amide bonds. The smallest absolute Gasteiger partial charge is 0.217 e. The van der Waals surface area contributed by atoms with Crippen LogP contribution in [0.1, 0.15) is 11.1 Å². The molecular formula is C23H34N6O2. The lowest BCUT2D eigenvalue weighted by Crippen LogP contribution is -2.44. The minimum Gasteiger partial charge on any atom is -0.476 e. The quantitative estimate of drug-likeness (QED) is 0.606. The van der Waals surface area contributed by atoms with Crippen LogP contribution in [0.25, 0.3) is 0 Å². The average Bonchev–Trinajstić information content (AvgIpc) is 2.80. The molecule has 0 saturated carbocycles. The van der Waals surface area contributed by atoms with E-state index < -0.39 is 0 Å². The third kappa shape index (κ3) is 7.82. The summed E-state index contributed by atoms with van der Waals surface area (Å²) in [7, 11) is 0. The lowest BCUT2D eigenvalue weighted by Gasteiger charge is -2.29. The van der Waals surface area contributed by atoms with Crippen LogP contribution in [0.2, 0.25) is 0 Å². The number of nitrogens with two attached hydrogens (primary N) is 1. The summed E-state index contributed by atoms with van der Waals surface area (Å²) in [5.41, 5.74) is 9.15. The number of aryl methyl sites for hydroxylation is 1. The molecule has 1 aromatic carbocycles. The van der Waals surface area contributed by atoms with Crippen molar-refractivity contribution in [1.82, 2.24) is 15.2 Å². The fourth-order valence-corrected chi connectivity index (χ4v) is 3.56. The van der Waals surface area contributed by atoms with Crippen LogP contribution >= 0.6 is 0 Å². The second kappa shape index (κ2) is 12.2. The molecule has 2 aliphatic rings. The van der Waals surface area contributed by atoms with Gasteiger partial charge in [-0.3, -0.25) is 4.90 Å². The molecule has 4 rings (SSSR count). The second-order valence-corrected chi connectivity index (χ2v) is 7.69. The topological polar surface area (TPSA) is 99.7 Å². The third-order valence-corrected chi connectivity index (χ3v) is 5.26. The van der Waals surface area contributed by atoms with E-state index in [1.165, 1.54) is 11.8 Å². The predicted octanol–water partition coefficient (Wildman–Crippen LogP) is 1.78. The highest BCUT2D eigenvalue weighted by molar-refractivity contribution is 5.76. The largest absolute Gasteiger partial charge is 0.476 e. The summed E-state index contributed by atoms with van der Waals surface area (Å²) < 4.78 is 11.2. The van der Waals surface area contributed by atoms with Crippen LogP contribution < -0.4 is 20.7 Å². The maximum absolute atomic E-state index is 6.92. The number of piperazine rings is 1. The number of ether oxygens (including phenoxy) is 2. The Hall–Kier alpha value is -2.68. The Bertz CT molecular complexity index is 819. The fraction of sp³-hybridized carbons (Fsp3) is 0.478. The zero-order valence-corrected chi connectivity index (χ0v) is 18.3. The first kappa shape index (κ1) is 23.0. The molecule has 0 unspecified atom stereocenters. The van der Waals surface area contributed by atoms with Gasteiger partial charge in [-0.25, -0.2) is 0 Å². The van der Waals surface area contributed by atoms with Crippen molar-refractivity contribution in [1.29, 1.82) is 5.41 Å². The van der Waals surface area contributed by atoms with E-state index >= 15 is 0 Å². The van der Waals surface area contributed by atoms with E-state index in [1.807, 2.05) is 43.3 Å². The first-order valence-corrected chi connectivity index (χ1v) is 10.9. The molecule has 1 aromatic heterocycles. The Kier molecular flexibility index (Phi) is 9.08. The van der Waals surface area contributed by atoms with E-state index in [1.54, 1.807) is 0 Å². The number of rotatable bonds is 6. The first-order chi connectivity index (χ1) is 15.1. The first-order valence-electron chi connectivity index (χ1n) is 10.9. The Morgan fingerprint density at radius 2 is 1.94 bits per heavy atom. The van der Waals surface area contributed by atoms with Gasteiger partial charge in [0.2, 0.25) is 5.88 Å². The van der Waals surface area contributed by atoms with Gasteiger partial charge in [0.1, 0.15) is 12.4 Å².